The Morgan fingerprint density at radius 2 is 2.12 bits per heavy atom. The second-order valence-electron chi connectivity index (χ2n) is 7.17. The van der Waals surface area contributed by atoms with Crippen molar-refractivity contribution < 1.29 is 13.2 Å². The largest absolute Gasteiger partial charge is 0.352 e. The molecule has 0 spiro atoms. The zero-order valence-corrected chi connectivity index (χ0v) is 17.2. The maximum Gasteiger partial charge on any atom is 0.251 e. The van der Waals surface area contributed by atoms with Crippen LogP contribution in [0, 0.1) is 5.92 Å². The summed E-state index contributed by atoms with van der Waals surface area (Å²) in [4.78, 5) is 14.4. The van der Waals surface area contributed by atoms with Crippen LogP contribution in [0.4, 0.5) is 0 Å². The van der Waals surface area contributed by atoms with E-state index in [1.165, 1.54) is 16.4 Å². The Kier molecular flexibility index (Phi) is 7.46. The highest BCUT2D eigenvalue weighted by molar-refractivity contribution is 7.89. The summed E-state index contributed by atoms with van der Waals surface area (Å²) >= 11 is 6.16. The number of carbonyl (C=O) groups is 1. The molecule has 0 saturated carbocycles. The van der Waals surface area contributed by atoms with Gasteiger partial charge in [0, 0.05) is 25.2 Å². The van der Waals surface area contributed by atoms with Gasteiger partial charge in [0.1, 0.15) is 4.90 Å². The normalized spacial score (nSPS) is 18.9. The molecule has 1 heterocycles. The van der Waals surface area contributed by atoms with Crippen molar-refractivity contribution in [3.8, 4) is 0 Å². The van der Waals surface area contributed by atoms with Crippen LogP contribution >= 0.6 is 11.6 Å². The molecule has 0 aromatic heterocycles. The predicted molar refractivity (Wildman–Crippen MR) is 104 cm³/mol. The van der Waals surface area contributed by atoms with Crippen LogP contribution < -0.4 is 5.32 Å². The minimum Gasteiger partial charge on any atom is -0.352 e. The molecular weight excluding hydrogens is 374 g/mol. The molecular formula is C18H28ClN3O3S. The first kappa shape index (κ1) is 21.2. The number of nitrogens with one attached hydrogen (secondary N) is 1. The van der Waals surface area contributed by atoms with Gasteiger partial charge in [-0.1, -0.05) is 18.5 Å². The van der Waals surface area contributed by atoms with Crippen molar-refractivity contribution in [2.75, 3.05) is 40.3 Å². The minimum atomic E-state index is -3.70. The average Bonchev–Trinajstić information content (AvgIpc) is 2.58. The maximum absolute atomic E-state index is 13.0. The van der Waals surface area contributed by atoms with Crippen LogP contribution in [0.15, 0.2) is 23.1 Å². The van der Waals surface area contributed by atoms with Gasteiger partial charge in [0.05, 0.1) is 5.02 Å². The Hall–Kier alpha value is -1.15. The van der Waals surface area contributed by atoms with E-state index in [4.69, 9.17) is 11.6 Å². The molecule has 1 aliphatic heterocycles. The summed E-state index contributed by atoms with van der Waals surface area (Å²) in [5, 5.41) is 2.97. The number of nitrogens with zero attached hydrogens (tertiary/aromatic N) is 2. The molecule has 1 saturated heterocycles. The van der Waals surface area contributed by atoms with Crippen molar-refractivity contribution in [2.45, 2.75) is 31.1 Å². The van der Waals surface area contributed by atoms with E-state index in [-0.39, 0.29) is 15.8 Å². The van der Waals surface area contributed by atoms with Crippen LogP contribution in [0.5, 0.6) is 0 Å². The molecule has 1 amide bonds. The number of sulfonamides is 1. The van der Waals surface area contributed by atoms with E-state index in [2.05, 4.69) is 5.32 Å². The van der Waals surface area contributed by atoms with E-state index < -0.39 is 10.0 Å². The molecule has 2 rings (SSSR count). The number of hydrogen-bond donors (Lipinski definition) is 1. The van der Waals surface area contributed by atoms with Gasteiger partial charge < -0.3 is 10.2 Å². The fourth-order valence-electron chi connectivity index (χ4n) is 3.05. The highest BCUT2D eigenvalue weighted by Gasteiger charge is 2.30. The summed E-state index contributed by atoms with van der Waals surface area (Å²) in [6.45, 7) is 4.42. The molecule has 1 aromatic rings. The number of hydrogen-bond acceptors (Lipinski definition) is 4. The van der Waals surface area contributed by atoms with Crippen LogP contribution in [0.1, 0.15) is 36.5 Å². The quantitative estimate of drug-likeness (QED) is 0.712. The number of piperidine rings is 1. The van der Waals surface area contributed by atoms with E-state index in [0.717, 1.165) is 25.8 Å². The third kappa shape index (κ3) is 5.42. The van der Waals surface area contributed by atoms with E-state index >= 15 is 0 Å². The number of benzene rings is 1. The molecule has 1 aliphatic rings. The first-order valence-corrected chi connectivity index (χ1v) is 10.8. The highest BCUT2D eigenvalue weighted by atomic mass is 35.5. The van der Waals surface area contributed by atoms with Crippen molar-refractivity contribution in [3.05, 3.63) is 28.8 Å². The van der Waals surface area contributed by atoms with E-state index in [1.54, 1.807) is 6.07 Å². The Balaban J connectivity index is 2.14. The molecule has 26 heavy (non-hydrogen) atoms. The zero-order chi connectivity index (χ0) is 19.3. The molecule has 1 unspecified atom stereocenters. The second-order valence-corrected chi connectivity index (χ2v) is 9.48. The van der Waals surface area contributed by atoms with Gasteiger partial charge in [-0.25, -0.2) is 8.42 Å². The summed E-state index contributed by atoms with van der Waals surface area (Å²) in [5.74, 6) is 0.0318. The van der Waals surface area contributed by atoms with Gasteiger partial charge in [-0.2, -0.15) is 4.31 Å². The van der Waals surface area contributed by atoms with Crippen molar-refractivity contribution in [2.24, 2.45) is 5.92 Å². The van der Waals surface area contributed by atoms with Crippen molar-refractivity contribution in [1.29, 1.82) is 0 Å². The Labute approximate surface area is 161 Å². The lowest BCUT2D eigenvalue weighted by atomic mass is 10.0. The standard InChI is InChI=1S/C18H28ClN3O3S/c1-14-6-4-11-22(13-14)26(24,25)17-12-15(7-8-16(17)19)18(23)20-9-5-10-21(2)3/h7-8,12,14H,4-6,9-11,13H2,1-3H3,(H,20,23). The van der Waals surface area contributed by atoms with E-state index in [0.29, 0.717) is 31.1 Å². The molecule has 1 fully saturated rings. The average molecular weight is 402 g/mol. The van der Waals surface area contributed by atoms with Gasteiger partial charge >= 0.3 is 0 Å². The molecule has 1 aromatic carbocycles. The van der Waals surface area contributed by atoms with Gasteiger partial charge in [-0.3, -0.25) is 4.79 Å². The first-order chi connectivity index (χ1) is 12.2. The van der Waals surface area contributed by atoms with Crippen LogP contribution in [0.25, 0.3) is 0 Å². The third-order valence-corrected chi connectivity index (χ3v) is 6.85. The molecule has 146 valence electrons. The first-order valence-electron chi connectivity index (χ1n) is 8.94. The van der Waals surface area contributed by atoms with Crippen molar-refractivity contribution >= 4 is 27.5 Å². The summed E-state index contributed by atoms with van der Waals surface area (Å²) in [6.07, 6.45) is 2.68. The van der Waals surface area contributed by atoms with Crippen LogP contribution in [-0.4, -0.2) is 63.8 Å². The van der Waals surface area contributed by atoms with E-state index in [9.17, 15) is 13.2 Å². The molecule has 0 aliphatic carbocycles. The number of carbonyl (C=O) groups excluding carboxylic acids is 1. The van der Waals surface area contributed by atoms with Crippen molar-refractivity contribution in [3.63, 3.8) is 0 Å². The summed E-state index contributed by atoms with van der Waals surface area (Å²) < 4.78 is 27.4. The predicted octanol–water partition coefficient (Wildman–Crippen LogP) is 2.44. The molecule has 0 bridgehead atoms. The van der Waals surface area contributed by atoms with Gasteiger partial charge in [0.2, 0.25) is 10.0 Å². The summed E-state index contributed by atoms with van der Waals surface area (Å²) in [5.41, 5.74) is 0.308. The van der Waals surface area contributed by atoms with Crippen LogP contribution in [0.3, 0.4) is 0 Å². The molecule has 1 N–H and O–H groups in total. The van der Waals surface area contributed by atoms with Gasteiger partial charge in [-0.05, 0) is 64.0 Å². The van der Waals surface area contributed by atoms with Gasteiger partial charge in [-0.15, -0.1) is 0 Å². The molecule has 1 atom stereocenters. The second kappa shape index (κ2) is 9.17. The third-order valence-electron chi connectivity index (χ3n) is 4.50. The fourth-order valence-corrected chi connectivity index (χ4v) is 5.14. The highest BCUT2D eigenvalue weighted by Crippen LogP contribution is 2.29. The van der Waals surface area contributed by atoms with Crippen molar-refractivity contribution in [1.82, 2.24) is 14.5 Å². The lowest BCUT2D eigenvalue weighted by molar-refractivity contribution is 0.0952. The lowest BCUT2D eigenvalue weighted by Crippen LogP contribution is -2.39. The molecule has 6 nitrogen and oxygen atoms in total. The van der Waals surface area contributed by atoms with E-state index in [1.807, 2.05) is 25.9 Å². The molecule has 0 radical (unpaired) electrons. The summed E-state index contributed by atoms with van der Waals surface area (Å²) in [6, 6.07) is 4.43. The zero-order valence-electron chi connectivity index (χ0n) is 15.7. The number of rotatable bonds is 7. The monoisotopic (exact) mass is 401 g/mol. The maximum atomic E-state index is 13.0. The Morgan fingerprint density at radius 3 is 2.77 bits per heavy atom. The van der Waals surface area contributed by atoms with Gasteiger partial charge in [0.15, 0.2) is 0 Å². The summed E-state index contributed by atoms with van der Waals surface area (Å²) in [7, 11) is 0.240. The lowest BCUT2D eigenvalue weighted by Gasteiger charge is -2.30. The fraction of sp³-hybridized carbons (Fsp3) is 0.611. The Bertz CT molecular complexity index is 737. The van der Waals surface area contributed by atoms with Crippen LogP contribution in [-0.2, 0) is 10.0 Å². The Morgan fingerprint density at radius 1 is 1.38 bits per heavy atom. The van der Waals surface area contributed by atoms with Crippen LogP contribution in [0.2, 0.25) is 5.02 Å². The van der Waals surface area contributed by atoms with Gasteiger partial charge in [0.25, 0.3) is 5.91 Å². The topological polar surface area (TPSA) is 69.7 Å². The SMILES string of the molecule is CC1CCCN(S(=O)(=O)c2cc(C(=O)NCCCN(C)C)ccc2Cl)C1. The smallest absolute Gasteiger partial charge is 0.251 e. The molecule has 8 heteroatoms. The minimum absolute atomic E-state index is 0.00853. The number of halogens is 1. The number of amides is 1.